The van der Waals surface area contributed by atoms with Crippen LogP contribution in [0.2, 0.25) is 0 Å². The molecule has 3 amide bonds. The van der Waals surface area contributed by atoms with Crippen molar-refractivity contribution in [1.82, 2.24) is 14.5 Å². The molecule has 0 saturated carbocycles. The van der Waals surface area contributed by atoms with Gasteiger partial charge in [-0.1, -0.05) is 30.3 Å². The van der Waals surface area contributed by atoms with E-state index in [1.54, 1.807) is 13.8 Å². The summed E-state index contributed by atoms with van der Waals surface area (Å²) in [6.07, 6.45) is 1.57. The van der Waals surface area contributed by atoms with E-state index in [-0.39, 0.29) is 31.8 Å². The van der Waals surface area contributed by atoms with Crippen molar-refractivity contribution in [3.05, 3.63) is 35.9 Å². The predicted molar refractivity (Wildman–Crippen MR) is 116 cm³/mol. The SMILES string of the molecule is CN1C(=O)N(CCCC(CS(=O)(=O)NCCCc2ccccc2)C(=O)O)C(=O)C1(C)C. The van der Waals surface area contributed by atoms with Crippen molar-refractivity contribution >= 4 is 27.9 Å². The molecule has 10 heteroatoms. The number of carboxylic acids is 1. The van der Waals surface area contributed by atoms with Crippen molar-refractivity contribution in [3.8, 4) is 0 Å². The molecule has 0 radical (unpaired) electrons. The lowest BCUT2D eigenvalue weighted by atomic mass is 10.0. The number of carboxylic acid groups (broad SMARTS) is 1. The second-order valence-electron chi connectivity index (χ2n) is 8.30. The molecule has 9 nitrogen and oxygen atoms in total. The first-order valence-electron chi connectivity index (χ1n) is 10.3. The number of aliphatic carboxylic acids is 1. The molecular formula is C21H31N3O6S. The first-order valence-corrected chi connectivity index (χ1v) is 11.9. The van der Waals surface area contributed by atoms with E-state index in [0.29, 0.717) is 12.8 Å². The summed E-state index contributed by atoms with van der Waals surface area (Å²) in [6.45, 7) is 3.56. The summed E-state index contributed by atoms with van der Waals surface area (Å²) in [4.78, 5) is 38.6. The zero-order valence-electron chi connectivity index (χ0n) is 18.2. The number of nitrogens with one attached hydrogen (secondary N) is 1. The molecule has 2 rings (SSSR count). The third-order valence-corrected chi connectivity index (χ3v) is 7.12. The van der Waals surface area contributed by atoms with Crippen molar-refractivity contribution in [2.75, 3.05) is 25.9 Å². The minimum absolute atomic E-state index is 0.0431. The number of hydrogen-bond acceptors (Lipinski definition) is 5. The third kappa shape index (κ3) is 6.51. The van der Waals surface area contributed by atoms with Crippen LogP contribution in [0.1, 0.15) is 38.7 Å². The quantitative estimate of drug-likeness (QED) is 0.367. The zero-order chi connectivity index (χ0) is 23.2. The Morgan fingerprint density at radius 2 is 1.81 bits per heavy atom. The summed E-state index contributed by atoms with van der Waals surface area (Å²) < 4.78 is 27.1. The van der Waals surface area contributed by atoms with Crippen LogP contribution in [-0.4, -0.2) is 72.7 Å². The fourth-order valence-electron chi connectivity index (χ4n) is 3.44. The highest BCUT2D eigenvalue weighted by atomic mass is 32.2. The zero-order valence-corrected chi connectivity index (χ0v) is 19.0. The van der Waals surface area contributed by atoms with E-state index in [2.05, 4.69) is 4.72 Å². The number of nitrogens with zero attached hydrogens (tertiary/aromatic N) is 2. The van der Waals surface area contributed by atoms with E-state index >= 15 is 0 Å². The number of aryl methyl sites for hydroxylation is 1. The molecule has 0 aliphatic carbocycles. The maximum Gasteiger partial charge on any atom is 0.327 e. The molecule has 1 aliphatic rings. The average molecular weight is 454 g/mol. The second-order valence-corrected chi connectivity index (χ2v) is 10.2. The Morgan fingerprint density at radius 1 is 1.16 bits per heavy atom. The maximum absolute atomic E-state index is 12.4. The Bertz CT molecular complexity index is 901. The first-order chi connectivity index (χ1) is 14.5. The van der Waals surface area contributed by atoms with Gasteiger partial charge in [-0.05, 0) is 45.1 Å². The number of amides is 3. The summed E-state index contributed by atoms with van der Waals surface area (Å²) in [7, 11) is -2.23. The summed E-state index contributed by atoms with van der Waals surface area (Å²) in [6, 6.07) is 9.23. The molecule has 31 heavy (non-hydrogen) atoms. The Kier molecular flexibility index (Phi) is 8.19. The lowest BCUT2D eigenvalue weighted by Crippen LogP contribution is -2.41. The number of likely N-dealkylation sites (N-methyl/N-ethyl adjacent to an activating group) is 1. The maximum atomic E-state index is 12.4. The first kappa shape index (κ1) is 24.8. The van der Waals surface area contributed by atoms with Crippen molar-refractivity contribution in [2.24, 2.45) is 5.92 Å². The fourth-order valence-corrected chi connectivity index (χ4v) is 4.85. The monoisotopic (exact) mass is 453 g/mol. The molecule has 1 aliphatic heterocycles. The molecule has 1 saturated heterocycles. The van der Waals surface area contributed by atoms with Gasteiger partial charge in [-0.3, -0.25) is 14.5 Å². The van der Waals surface area contributed by atoms with Gasteiger partial charge in [0.25, 0.3) is 5.91 Å². The summed E-state index contributed by atoms with van der Waals surface area (Å²) in [5.74, 6) is -3.23. The summed E-state index contributed by atoms with van der Waals surface area (Å²) >= 11 is 0. The van der Waals surface area contributed by atoms with Gasteiger partial charge in [-0.25, -0.2) is 17.9 Å². The van der Waals surface area contributed by atoms with E-state index in [9.17, 15) is 27.9 Å². The van der Waals surface area contributed by atoms with Crippen molar-refractivity contribution in [3.63, 3.8) is 0 Å². The van der Waals surface area contributed by atoms with Crippen LogP contribution in [0.25, 0.3) is 0 Å². The molecule has 1 unspecified atom stereocenters. The molecule has 0 aromatic heterocycles. The van der Waals surface area contributed by atoms with Crippen LogP contribution in [0.4, 0.5) is 4.79 Å². The van der Waals surface area contributed by atoms with Crippen LogP contribution in [0.15, 0.2) is 30.3 Å². The predicted octanol–water partition coefficient (Wildman–Crippen LogP) is 1.69. The Morgan fingerprint density at radius 3 is 2.35 bits per heavy atom. The van der Waals surface area contributed by atoms with Gasteiger partial charge < -0.3 is 10.0 Å². The topological polar surface area (TPSA) is 124 Å². The minimum atomic E-state index is -3.77. The van der Waals surface area contributed by atoms with Crippen molar-refractivity contribution < 1.29 is 27.9 Å². The molecule has 1 atom stereocenters. The number of hydrogen-bond donors (Lipinski definition) is 2. The summed E-state index contributed by atoms with van der Waals surface area (Å²) in [5.41, 5.74) is 0.154. The average Bonchev–Trinajstić information content (AvgIpc) is 2.85. The normalized spacial score (nSPS) is 17.3. The number of carbonyl (C=O) groups excluding carboxylic acids is 2. The van der Waals surface area contributed by atoms with Crippen LogP contribution in [-0.2, 0) is 26.0 Å². The number of imide groups is 1. The van der Waals surface area contributed by atoms with Gasteiger partial charge in [-0.15, -0.1) is 0 Å². The number of sulfonamides is 1. The Labute approximate surface area is 183 Å². The van der Waals surface area contributed by atoms with Gasteiger partial charge in [0.05, 0.1) is 11.7 Å². The van der Waals surface area contributed by atoms with Crippen LogP contribution >= 0.6 is 0 Å². The second kappa shape index (κ2) is 10.2. The summed E-state index contributed by atoms with van der Waals surface area (Å²) in [5, 5.41) is 9.43. The van der Waals surface area contributed by atoms with Crippen LogP contribution < -0.4 is 4.72 Å². The van der Waals surface area contributed by atoms with E-state index in [4.69, 9.17) is 0 Å². The smallest absolute Gasteiger partial charge is 0.327 e. The fraction of sp³-hybridized carbons (Fsp3) is 0.571. The van der Waals surface area contributed by atoms with Crippen molar-refractivity contribution in [1.29, 1.82) is 0 Å². The number of carbonyl (C=O) groups is 3. The molecule has 1 aromatic carbocycles. The Hall–Kier alpha value is -2.46. The molecule has 1 aromatic rings. The molecule has 1 heterocycles. The highest BCUT2D eigenvalue weighted by Gasteiger charge is 2.48. The molecule has 0 spiro atoms. The molecule has 172 valence electrons. The van der Waals surface area contributed by atoms with Crippen molar-refractivity contribution in [2.45, 2.75) is 45.1 Å². The largest absolute Gasteiger partial charge is 0.481 e. The van der Waals surface area contributed by atoms with Crippen LogP contribution in [0.5, 0.6) is 0 Å². The molecule has 0 bridgehead atoms. The minimum Gasteiger partial charge on any atom is -0.481 e. The highest BCUT2D eigenvalue weighted by Crippen LogP contribution is 2.26. The van der Waals surface area contributed by atoms with E-state index in [1.165, 1.54) is 11.9 Å². The highest BCUT2D eigenvalue weighted by molar-refractivity contribution is 7.89. The standard InChI is InChI=1S/C21H31N3O6S/c1-21(2)19(27)24(20(28)23(21)3)14-8-12-17(18(25)26)15-31(29,30)22-13-7-11-16-9-5-4-6-10-16/h4-6,9-10,17,22H,7-8,11-15H2,1-3H3,(H,25,26). The van der Waals surface area contributed by atoms with E-state index in [0.717, 1.165) is 10.5 Å². The van der Waals surface area contributed by atoms with Gasteiger partial charge in [-0.2, -0.15) is 0 Å². The van der Waals surface area contributed by atoms with Gasteiger partial charge in [0.15, 0.2) is 0 Å². The van der Waals surface area contributed by atoms with E-state index in [1.807, 2.05) is 30.3 Å². The van der Waals surface area contributed by atoms with Crippen LogP contribution in [0.3, 0.4) is 0 Å². The third-order valence-electron chi connectivity index (χ3n) is 5.64. The number of urea groups is 1. The van der Waals surface area contributed by atoms with Gasteiger partial charge in [0, 0.05) is 20.1 Å². The van der Waals surface area contributed by atoms with E-state index < -0.39 is 39.2 Å². The number of benzene rings is 1. The lowest BCUT2D eigenvalue weighted by Gasteiger charge is -2.22. The van der Waals surface area contributed by atoms with Gasteiger partial charge in [0.1, 0.15) is 5.54 Å². The lowest BCUT2D eigenvalue weighted by molar-refractivity contribution is -0.141. The number of rotatable bonds is 12. The van der Waals surface area contributed by atoms with Gasteiger partial charge >= 0.3 is 12.0 Å². The Balaban J connectivity index is 1.81. The van der Waals surface area contributed by atoms with Crippen LogP contribution in [0, 0.1) is 5.92 Å². The van der Waals surface area contributed by atoms with Gasteiger partial charge in [0.2, 0.25) is 10.0 Å². The molecule has 1 fully saturated rings. The molecular weight excluding hydrogens is 422 g/mol. The molecule has 2 N–H and O–H groups in total.